The smallest absolute Gasteiger partial charge is 0.744 e. The molecule has 31 heavy (non-hydrogen) atoms. The van der Waals surface area contributed by atoms with Crippen LogP contribution in [0, 0.1) is 13.8 Å². The van der Waals surface area contributed by atoms with Crippen LogP contribution in [0.3, 0.4) is 0 Å². The molecule has 0 aliphatic rings. The summed E-state index contributed by atoms with van der Waals surface area (Å²) in [7, 11) is -4.76. The molecule has 0 spiro atoms. The number of hydrogen-bond donors (Lipinski definition) is 0. The molecule has 3 aromatic rings. The topological polar surface area (TPSA) is 108 Å². The van der Waals surface area contributed by atoms with Crippen LogP contribution in [0.1, 0.15) is 36.4 Å². The third-order valence-electron chi connectivity index (χ3n) is 4.37. The van der Waals surface area contributed by atoms with Crippen molar-refractivity contribution in [3.63, 3.8) is 0 Å². The summed E-state index contributed by atoms with van der Waals surface area (Å²) in [6.45, 7) is 7.35. The predicted molar refractivity (Wildman–Crippen MR) is 116 cm³/mol. The zero-order chi connectivity index (χ0) is 21.9. The Labute approximate surface area is 204 Å². The van der Waals surface area contributed by atoms with E-state index in [1.807, 2.05) is 38.1 Å². The Kier molecular flexibility index (Phi) is 8.39. The van der Waals surface area contributed by atoms with Crippen molar-refractivity contribution in [2.75, 3.05) is 0 Å². The molecule has 0 atom stereocenters. The molecule has 0 N–H and O–H groups in total. The van der Waals surface area contributed by atoms with Gasteiger partial charge >= 0.3 is 29.6 Å². The Balaban J connectivity index is 0.00000341. The van der Waals surface area contributed by atoms with E-state index in [0.717, 1.165) is 11.1 Å². The summed E-state index contributed by atoms with van der Waals surface area (Å²) in [4.78, 5) is 16.8. The molecule has 0 fully saturated rings. The molecule has 0 saturated heterocycles. The number of hydrogen-bond acceptors (Lipinski definition) is 7. The molecule has 9 heteroatoms. The standard InChI is InChI=1S/C22H22N4O3S.Na/c1-14-7-9-23-20(11-14)16(3)25-18-5-6-19(22(13-18)30(27,28)29)26-17(4)21-12-15(2)8-10-24-21;/h5-13H,1-4H3,(H,27,28,29);/q;+1/p-1. The van der Waals surface area contributed by atoms with E-state index in [2.05, 4.69) is 20.0 Å². The predicted octanol–water partition coefficient (Wildman–Crippen LogP) is 1.28. The van der Waals surface area contributed by atoms with Crippen molar-refractivity contribution in [1.29, 1.82) is 0 Å². The molecular weight excluding hydrogens is 423 g/mol. The number of rotatable bonds is 5. The Morgan fingerprint density at radius 3 is 1.84 bits per heavy atom. The Morgan fingerprint density at radius 1 is 0.839 bits per heavy atom. The Morgan fingerprint density at radius 2 is 1.35 bits per heavy atom. The van der Waals surface area contributed by atoms with Gasteiger partial charge in [0.15, 0.2) is 0 Å². The van der Waals surface area contributed by atoms with Crippen molar-refractivity contribution in [3.05, 3.63) is 77.4 Å². The summed E-state index contributed by atoms with van der Waals surface area (Å²) in [6.07, 6.45) is 3.33. The molecule has 2 aromatic heterocycles. The van der Waals surface area contributed by atoms with Gasteiger partial charge in [-0.25, -0.2) is 8.42 Å². The molecule has 0 unspecified atom stereocenters. The summed E-state index contributed by atoms with van der Waals surface area (Å²) in [5, 5.41) is 0. The van der Waals surface area contributed by atoms with Crippen molar-refractivity contribution in [3.8, 4) is 0 Å². The normalized spacial score (nSPS) is 12.4. The van der Waals surface area contributed by atoms with Gasteiger partial charge in [0.25, 0.3) is 0 Å². The van der Waals surface area contributed by atoms with Crippen LogP contribution in [0.5, 0.6) is 0 Å². The molecule has 0 radical (unpaired) electrons. The van der Waals surface area contributed by atoms with E-state index in [-0.39, 0.29) is 35.2 Å². The Hall–Kier alpha value is -2.23. The maximum absolute atomic E-state index is 11.9. The van der Waals surface area contributed by atoms with Crippen LogP contribution in [0.4, 0.5) is 11.4 Å². The van der Waals surface area contributed by atoms with Crippen LogP contribution in [0.25, 0.3) is 0 Å². The van der Waals surface area contributed by atoms with Crippen LogP contribution in [0.15, 0.2) is 69.7 Å². The minimum atomic E-state index is -4.76. The van der Waals surface area contributed by atoms with E-state index in [4.69, 9.17) is 0 Å². The second-order valence-corrected chi connectivity index (χ2v) is 8.29. The minimum absolute atomic E-state index is 0. The maximum atomic E-state index is 11.9. The van der Waals surface area contributed by atoms with Gasteiger partial charge < -0.3 is 4.55 Å². The number of pyridine rings is 2. The van der Waals surface area contributed by atoms with Gasteiger partial charge in [-0.1, -0.05) is 0 Å². The molecule has 3 rings (SSSR count). The molecule has 7 nitrogen and oxygen atoms in total. The summed E-state index contributed by atoms with van der Waals surface area (Å²) >= 11 is 0. The van der Waals surface area contributed by atoms with Crippen molar-refractivity contribution in [1.82, 2.24) is 9.97 Å². The SMILES string of the molecule is CC(=Nc1ccc(N=C(C)c2cc(C)ccn2)c(S(=O)(=O)[O-])c1)c1cc(C)ccn1.[Na+]. The fourth-order valence-corrected chi connectivity index (χ4v) is 3.46. The van der Waals surface area contributed by atoms with Crippen LogP contribution >= 0.6 is 0 Å². The number of benzene rings is 1. The number of nitrogens with zero attached hydrogens (tertiary/aromatic N) is 4. The number of aliphatic imine (C=N–C) groups is 2. The molecular formula is C22H21N4NaO3S. The van der Waals surface area contributed by atoms with Gasteiger partial charge in [0.05, 0.1) is 39.1 Å². The zero-order valence-corrected chi connectivity index (χ0v) is 20.9. The van der Waals surface area contributed by atoms with Crippen LogP contribution < -0.4 is 29.6 Å². The van der Waals surface area contributed by atoms with Crippen LogP contribution in [0.2, 0.25) is 0 Å². The largest absolute Gasteiger partial charge is 1.00 e. The molecule has 0 saturated carbocycles. The molecule has 2 heterocycles. The van der Waals surface area contributed by atoms with Gasteiger partial charge in [-0.2, -0.15) is 0 Å². The van der Waals surface area contributed by atoms with Crippen LogP contribution in [-0.2, 0) is 10.1 Å². The second-order valence-electron chi connectivity index (χ2n) is 6.94. The summed E-state index contributed by atoms with van der Waals surface area (Å²) in [6, 6.07) is 11.8. The first-order valence-electron chi connectivity index (χ1n) is 9.20. The van der Waals surface area contributed by atoms with Gasteiger partial charge in [0, 0.05) is 12.4 Å². The molecule has 154 valence electrons. The minimum Gasteiger partial charge on any atom is -0.744 e. The van der Waals surface area contributed by atoms with E-state index in [1.54, 1.807) is 32.3 Å². The molecule has 1 aromatic carbocycles. The summed E-state index contributed by atoms with van der Waals surface area (Å²) < 4.78 is 35.6. The van der Waals surface area contributed by atoms with Crippen molar-refractivity contribution in [2.45, 2.75) is 32.6 Å². The van der Waals surface area contributed by atoms with E-state index in [9.17, 15) is 13.0 Å². The van der Waals surface area contributed by atoms with Gasteiger partial charge in [-0.3, -0.25) is 20.0 Å². The van der Waals surface area contributed by atoms with Crippen molar-refractivity contribution in [2.24, 2.45) is 9.98 Å². The van der Waals surface area contributed by atoms with E-state index >= 15 is 0 Å². The van der Waals surface area contributed by atoms with Gasteiger partial charge in [0.1, 0.15) is 10.1 Å². The average molecular weight is 444 g/mol. The second kappa shape index (κ2) is 10.4. The average Bonchev–Trinajstić information content (AvgIpc) is 2.68. The quantitative estimate of drug-likeness (QED) is 0.335. The van der Waals surface area contributed by atoms with Crippen molar-refractivity contribution >= 4 is 32.9 Å². The van der Waals surface area contributed by atoms with Crippen LogP contribution in [-0.4, -0.2) is 34.4 Å². The third kappa shape index (κ3) is 6.62. The number of aromatic nitrogens is 2. The summed E-state index contributed by atoms with van der Waals surface area (Å²) in [5.41, 5.74) is 4.78. The molecule has 0 aliphatic carbocycles. The summed E-state index contributed by atoms with van der Waals surface area (Å²) in [5.74, 6) is 0. The van der Waals surface area contributed by atoms with E-state index in [1.165, 1.54) is 12.1 Å². The van der Waals surface area contributed by atoms with Crippen molar-refractivity contribution < 1.29 is 42.5 Å². The number of aryl methyl sites for hydroxylation is 2. The first-order chi connectivity index (χ1) is 14.1. The zero-order valence-electron chi connectivity index (χ0n) is 18.1. The third-order valence-corrected chi connectivity index (χ3v) is 5.24. The van der Waals surface area contributed by atoms with Gasteiger partial charge in [0.2, 0.25) is 0 Å². The molecule has 0 aliphatic heterocycles. The maximum Gasteiger partial charge on any atom is 1.00 e. The molecule has 0 bridgehead atoms. The van der Waals surface area contributed by atoms with E-state index in [0.29, 0.717) is 28.5 Å². The first kappa shape index (κ1) is 25.0. The monoisotopic (exact) mass is 444 g/mol. The molecule has 0 amide bonds. The van der Waals surface area contributed by atoms with Gasteiger partial charge in [-0.15, -0.1) is 0 Å². The van der Waals surface area contributed by atoms with E-state index < -0.39 is 15.0 Å². The first-order valence-corrected chi connectivity index (χ1v) is 10.6. The Bertz CT molecular complexity index is 1270. The van der Waals surface area contributed by atoms with Gasteiger partial charge in [-0.05, 0) is 81.3 Å². The fraction of sp³-hybridized carbons (Fsp3) is 0.182. The fourth-order valence-electron chi connectivity index (χ4n) is 2.82.